The zero-order chi connectivity index (χ0) is 102. The number of allylic oxidation sites excluding steroid dienone is 6. The van der Waals surface area contributed by atoms with Gasteiger partial charge in [0.15, 0.2) is 17.2 Å². The molecule has 6 aliphatic rings. The molecule has 6 heterocycles. The third-order valence-electron chi connectivity index (χ3n) is 25.2. The number of carboxylic acids is 1. The predicted octanol–water partition coefficient (Wildman–Crippen LogP) is 13.3. The molecule has 4 fully saturated rings. The molecular weight excluding hydrogens is 2070 g/mol. The van der Waals surface area contributed by atoms with Crippen molar-refractivity contribution >= 4 is 149 Å². The van der Waals surface area contributed by atoms with E-state index in [2.05, 4.69) is 39.5 Å². The molecule has 7 N–H and O–H groups in total. The van der Waals surface area contributed by atoms with Crippen molar-refractivity contribution in [2.45, 2.75) is 279 Å². The van der Waals surface area contributed by atoms with E-state index in [4.69, 9.17) is 80.4 Å². The number of carbonyl (C=O) groups excluding carboxylic acids is 10. The van der Waals surface area contributed by atoms with Gasteiger partial charge in [0.1, 0.15) is 87.0 Å². The first-order chi connectivity index (χ1) is 64.2. The van der Waals surface area contributed by atoms with Crippen molar-refractivity contribution in [2.75, 3.05) is 91.6 Å². The van der Waals surface area contributed by atoms with E-state index in [0.717, 1.165) is 22.3 Å². The largest absolute Gasteiger partial charge is 2.00 e. The number of epoxide rings is 2. The minimum Gasteiger partial charge on any atom is -0.537 e. The summed E-state index contributed by atoms with van der Waals surface area (Å²) < 4.78 is 63.5. The van der Waals surface area contributed by atoms with Crippen LogP contribution < -0.4 is 45.4 Å². The molecule has 3 aromatic rings. The summed E-state index contributed by atoms with van der Waals surface area (Å²) >= 11 is 13.6. The molecule has 4 saturated heterocycles. The Morgan fingerprint density at radius 1 is 0.681 bits per heavy atom. The summed E-state index contributed by atoms with van der Waals surface area (Å²) in [5.74, 6) is -3.25. The van der Waals surface area contributed by atoms with Crippen LogP contribution in [0.1, 0.15) is 184 Å². The summed E-state index contributed by atoms with van der Waals surface area (Å²) in [7, 11) is 19.2. The second-order valence-corrected chi connectivity index (χ2v) is 44.4. The molecule has 0 spiro atoms. The molecule has 0 saturated carbocycles. The van der Waals surface area contributed by atoms with E-state index in [-0.39, 0.29) is 106 Å². The number of ketones is 1. The first-order valence-corrected chi connectivity index (χ1v) is 50.6. The Bertz CT molecular complexity index is 5010. The number of ether oxygens (including phenoxy) is 11. The van der Waals surface area contributed by atoms with Crippen molar-refractivity contribution in [3.63, 3.8) is 0 Å². The number of rotatable bonds is 34. The van der Waals surface area contributed by atoms with Crippen LogP contribution in [0, 0.1) is 24.8 Å². The molecule has 0 aromatic heterocycles. The minimum atomic E-state index is -1.87. The molecule has 8 bridgehead atoms. The van der Waals surface area contributed by atoms with E-state index < -0.39 is 152 Å². The van der Waals surface area contributed by atoms with Crippen LogP contribution in [-0.4, -0.2) is 277 Å². The van der Waals surface area contributed by atoms with Gasteiger partial charge < -0.3 is 105 Å². The number of halogens is 2. The Balaban J connectivity index is 0.000000390. The van der Waals surface area contributed by atoms with Crippen LogP contribution >= 0.6 is 66.4 Å². The Morgan fingerprint density at radius 2 is 1.11 bits per heavy atom. The van der Waals surface area contributed by atoms with E-state index in [1.807, 2.05) is 59.8 Å². The summed E-state index contributed by atoms with van der Waals surface area (Å²) in [4.78, 5) is 151. The standard InChI is InChI=1S/C57H79ClN6O13S2.C40H56ClN3O12S2.W/c1-15-40(38-21-23-39(24-22-38)74-26-17-20-47(66)59-10)61-62-55(7,8)44(65)33-54(5,6)79-78-27-25-48(67)63(11)36(4)52(69)76-46-31-49(68)64(12)41-29-37(30-42(72-13)50(41)58)28-34(2)18-16-19-45(73-14)57(71)32-43(75-53(70)60-57)35(3)51-56(46,9)77-51;1-22-12-11-13-29(53-10)40(51)20-28(54-37(50)42-40)23(2)35-39(6,56-35)30(19-32(46)44(8)26-17-25(16-22)18-27(52-9)34(26)41)55-36(49)24(3)43(7)31(45)14-15-57-58-38(4,5)21-33(47)48;/h16,18-19,21,23-24,29-30,35-36,43,45-46,51,62,71H,1,15,17,20,25-28,31-33H2,2-14H3,(H,59,66)(H,60,70);11-13,17-18,23-24,28-30,35,51H,14-16,19-21H2,1-10H3,(H,42,50)(H,47,48);/q-2;;+2/b19-16+,34-18+,61-40+;13-11+,22-12+;/t35-,36+,43+,45-,46+,51+,56+,57+;23-,24+,28+,29-,30+,35+,39+,40+;/m11./s1. The van der Waals surface area contributed by atoms with Crippen LogP contribution in [0.25, 0.3) is 0 Å². The van der Waals surface area contributed by atoms with Crippen LogP contribution in [0.3, 0.4) is 0 Å². The molecule has 0 radical (unpaired) electrons. The molecule has 7 amide bonds. The number of nitrogens with zero attached hydrogens (tertiary/aromatic N) is 5. The first kappa shape index (κ1) is 117. The molecule has 0 aliphatic carbocycles. The number of aliphatic carboxylic acids is 1. The molecule has 138 heavy (non-hydrogen) atoms. The van der Waals surface area contributed by atoms with Crippen molar-refractivity contribution in [2.24, 2.45) is 16.9 Å². The van der Waals surface area contributed by atoms with Gasteiger partial charge in [0.25, 0.3) is 0 Å². The van der Waals surface area contributed by atoms with Crippen LogP contribution in [0.5, 0.6) is 17.2 Å². The van der Waals surface area contributed by atoms with Gasteiger partial charge in [0.2, 0.25) is 29.5 Å². The summed E-state index contributed by atoms with van der Waals surface area (Å²) in [5, 5.41) is 45.4. The molecule has 16 atom stereocenters. The number of amides is 7. The normalized spacial score (nSPS) is 27.0. The number of aliphatic hydroxyl groups is 2. The van der Waals surface area contributed by atoms with E-state index in [0.29, 0.717) is 90.1 Å². The topological polar surface area (TPSA) is 430 Å². The van der Waals surface area contributed by atoms with Crippen molar-refractivity contribution in [3.8, 4) is 17.2 Å². The number of anilines is 2. The summed E-state index contributed by atoms with van der Waals surface area (Å²) in [6.45, 7) is 29.3. The Morgan fingerprint density at radius 3 is 1.49 bits per heavy atom. The van der Waals surface area contributed by atoms with Gasteiger partial charge in [-0.3, -0.25) is 44.2 Å². The van der Waals surface area contributed by atoms with E-state index in [1.165, 1.54) is 112 Å². The molecule has 6 aliphatic heterocycles. The molecule has 41 heteroatoms. The number of carboxylic acid groups (broad SMARTS) is 1. The van der Waals surface area contributed by atoms with E-state index in [9.17, 15) is 63.0 Å². The number of hydrazone groups is 1. The van der Waals surface area contributed by atoms with Crippen LogP contribution in [0.4, 0.5) is 21.0 Å². The number of nitrogens with one attached hydrogen (secondary N) is 4. The predicted molar refractivity (Wildman–Crippen MR) is 529 cm³/mol. The van der Waals surface area contributed by atoms with Crippen molar-refractivity contribution < 1.29 is 141 Å². The Hall–Kier alpha value is -8.11. The summed E-state index contributed by atoms with van der Waals surface area (Å²) in [6, 6.07) is 13.5. The minimum absolute atomic E-state index is 0. The smallest absolute Gasteiger partial charge is 0.537 e. The molecule has 34 nitrogen and oxygen atoms in total. The fourth-order valence-electron chi connectivity index (χ4n) is 16.2. The number of Topliss-reactive ketones (excluding diaryl/α,β-unsaturated/α-hetero) is 1. The first-order valence-electron chi connectivity index (χ1n) is 45.2. The second-order valence-electron chi connectivity index (χ2n) is 37.4. The zero-order valence-corrected chi connectivity index (χ0v) is 90.5. The molecule has 3 aromatic carbocycles. The van der Waals surface area contributed by atoms with E-state index in [1.54, 1.807) is 130 Å². The van der Waals surface area contributed by atoms with Gasteiger partial charge in [-0.2, -0.15) is 6.42 Å². The number of hydrogen-bond acceptors (Lipinski definition) is 30. The Kier molecular flexibility index (Phi) is 42.9. The van der Waals surface area contributed by atoms with Crippen LogP contribution in [-0.2, 0) is 115 Å². The number of esters is 2. The molecule has 0 unspecified atom stereocenters. The van der Waals surface area contributed by atoms with Gasteiger partial charge in [-0.1, -0.05) is 128 Å². The fraction of sp³-hybridized carbons (Fsp3) is 0.598. The van der Waals surface area contributed by atoms with Crippen molar-refractivity contribution in [3.05, 3.63) is 130 Å². The number of alkyl carbamates (subject to hydrolysis) is 2. The van der Waals surface area contributed by atoms with Gasteiger partial charge >= 0.3 is 51.2 Å². The monoisotopic (exact) mass is 2210 g/mol. The Labute approximate surface area is 849 Å². The van der Waals surface area contributed by atoms with Gasteiger partial charge in [0, 0.05) is 127 Å². The SMILES string of the molecule is COc1cc2cc(c1Cl)N(C)C(=O)C[C@H](OC(=O)[C@H](C)N(C)C(=O)CCSSC(C)(C)CC(=O)O)[C@]1(C)O[C@H]1[C@H](C)[C@@H]1C[C@@](O)(NC(=O)O1)[C@H](OC)/C=C/C=C(\C)C2.[CH2-]C/C(=N\NC(C)(C)C(=O)CC(C)(C)SSCCC(=O)N(C)[C@@H](C)C(=O)O[C@H]1CC(=O)N(C)c2cc(cc(OC)c2Cl)C/C(C)=C/C=C/[C@@H](OC)[C@@]2(O)C[C@H](OC(=O)N2)[C@@H](C)[C@@H]2O[C@@]12C)c1[c-]cc(OCCCC(=O)NC)cc1.[W+2]. The maximum absolute atomic E-state index is 14.4. The average molecular weight is 2210 g/mol. The molecule has 762 valence electrons. The fourth-order valence-corrected chi connectivity index (χ4v) is 21.8. The molecular formula is C97H135Cl2N9O25S4W. The van der Waals surface area contributed by atoms with Crippen LogP contribution in [0.15, 0.2) is 95.2 Å². The summed E-state index contributed by atoms with van der Waals surface area (Å²) in [5.41, 5.74) is 1.17. The number of carbonyl (C=O) groups is 11. The van der Waals surface area contributed by atoms with Gasteiger partial charge in [0.05, 0.1) is 63.7 Å². The van der Waals surface area contributed by atoms with Crippen molar-refractivity contribution in [1.82, 2.24) is 31.2 Å². The van der Waals surface area contributed by atoms with Gasteiger partial charge in [-0.15, -0.1) is 29.8 Å². The van der Waals surface area contributed by atoms with E-state index >= 15 is 0 Å². The zero-order valence-electron chi connectivity index (χ0n) is 82.8. The maximum Gasteiger partial charge on any atom is 2.00 e. The maximum atomic E-state index is 14.4. The molecule has 9 rings (SSSR count). The summed E-state index contributed by atoms with van der Waals surface area (Å²) in [6.07, 6.45) is 2.82. The number of hydrogen-bond donors (Lipinski definition) is 7. The second kappa shape index (κ2) is 50.7. The van der Waals surface area contributed by atoms with Crippen molar-refractivity contribution in [1.29, 1.82) is 0 Å². The van der Waals surface area contributed by atoms with Gasteiger partial charge in [-0.25, -0.2) is 24.3 Å². The third-order valence-corrected chi connectivity index (χ3v) is 32.5. The number of benzene rings is 3. The average Bonchev–Trinajstić information content (AvgIpc) is 1.57. The number of fused-ring (bicyclic) bond motifs is 10. The van der Waals surface area contributed by atoms with Crippen LogP contribution in [0.2, 0.25) is 10.0 Å². The van der Waals surface area contributed by atoms with Gasteiger partial charge in [-0.05, 0) is 143 Å². The quantitative estimate of drug-likeness (QED) is 0.00427. The number of methoxy groups -OCH3 is 4. The number of likely N-dealkylation sites (N-methyl/N-ethyl adjacent to an activating group) is 2. The third kappa shape index (κ3) is 31.2.